The molecule has 0 bridgehead atoms. The van der Waals surface area contributed by atoms with E-state index >= 15 is 0 Å². The van der Waals surface area contributed by atoms with E-state index < -0.39 is 23.5 Å². The molecule has 2 heterocycles. The van der Waals surface area contributed by atoms with Crippen molar-refractivity contribution < 1.29 is 19.1 Å². The number of aromatic nitrogens is 2. The molecule has 0 radical (unpaired) electrons. The number of carbonyl (C=O) groups excluding carboxylic acids is 3. The van der Waals surface area contributed by atoms with Crippen LogP contribution in [-0.4, -0.2) is 45.2 Å². The van der Waals surface area contributed by atoms with Crippen molar-refractivity contribution in [2.75, 3.05) is 17.2 Å². The number of anilines is 2. The number of aromatic amines is 1. The predicted molar refractivity (Wildman–Crippen MR) is 107 cm³/mol. The molecule has 0 saturated carbocycles. The van der Waals surface area contributed by atoms with Crippen LogP contribution in [0.3, 0.4) is 0 Å². The largest absolute Gasteiger partial charge is 0.444 e. The van der Waals surface area contributed by atoms with Crippen LogP contribution in [0.5, 0.6) is 0 Å². The summed E-state index contributed by atoms with van der Waals surface area (Å²) in [5, 5.41) is 7.00. The first-order valence-corrected chi connectivity index (χ1v) is 9.31. The second kappa shape index (κ2) is 7.57. The number of ether oxygens (including phenoxy) is 1. The van der Waals surface area contributed by atoms with E-state index in [-0.39, 0.29) is 12.2 Å². The highest BCUT2D eigenvalue weighted by molar-refractivity contribution is 6.20. The van der Waals surface area contributed by atoms with Crippen molar-refractivity contribution in [3.63, 3.8) is 0 Å². The van der Waals surface area contributed by atoms with Crippen LogP contribution >= 0.6 is 0 Å². The maximum absolute atomic E-state index is 13.2. The zero-order chi connectivity index (χ0) is 21.3. The number of nitrogen functional groups attached to an aromatic ring is 1. The standard InChI is InChI=1S/C20H25N5O4/c1-12(26)25(14-7-5-13(21)6-8-14)18(27)17-15-11-24(10-9-16(15)22-23-17)19(28)29-20(2,3)4/h5-8H,9-11,21H2,1-4H3,(H,22,23). The third-order valence-corrected chi connectivity index (χ3v) is 4.46. The van der Waals surface area contributed by atoms with Crippen LogP contribution in [0.15, 0.2) is 24.3 Å². The molecule has 2 aromatic rings. The first-order chi connectivity index (χ1) is 13.6. The highest BCUT2D eigenvalue weighted by Crippen LogP contribution is 2.25. The van der Waals surface area contributed by atoms with Crippen molar-refractivity contribution in [3.05, 3.63) is 41.2 Å². The molecule has 3 amide bonds. The van der Waals surface area contributed by atoms with Gasteiger partial charge in [-0.2, -0.15) is 5.10 Å². The van der Waals surface area contributed by atoms with Gasteiger partial charge in [-0.25, -0.2) is 9.69 Å². The number of nitrogens with one attached hydrogen (secondary N) is 1. The fourth-order valence-electron chi connectivity index (χ4n) is 3.13. The van der Waals surface area contributed by atoms with E-state index in [0.29, 0.717) is 29.9 Å². The minimum atomic E-state index is -0.618. The van der Waals surface area contributed by atoms with E-state index in [1.54, 1.807) is 45.0 Å². The van der Waals surface area contributed by atoms with Crippen molar-refractivity contribution >= 4 is 29.3 Å². The molecule has 3 rings (SSSR count). The minimum absolute atomic E-state index is 0.111. The van der Waals surface area contributed by atoms with Crippen LogP contribution in [-0.2, 0) is 22.5 Å². The zero-order valence-corrected chi connectivity index (χ0v) is 17.0. The van der Waals surface area contributed by atoms with Crippen LogP contribution in [0.2, 0.25) is 0 Å². The molecule has 1 aliphatic heterocycles. The number of H-pyrrole nitrogens is 1. The second-order valence-electron chi connectivity index (χ2n) is 7.93. The summed E-state index contributed by atoms with van der Waals surface area (Å²) in [7, 11) is 0. The third kappa shape index (κ3) is 4.39. The predicted octanol–water partition coefficient (Wildman–Crippen LogP) is 2.48. The lowest BCUT2D eigenvalue weighted by atomic mass is 10.0. The number of hydrogen-bond acceptors (Lipinski definition) is 6. The Morgan fingerprint density at radius 3 is 2.45 bits per heavy atom. The summed E-state index contributed by atoms with van der Waals surface area (Å²) in [6.07, 6.45) is 0.0567. The number of nitrogens with two attached hydrogens (primary N) is 1. The number of hydrogen-bond donors (Lipinski definition) is 2. The van der Waals surface area contributed by atoms with Crippen molar-refractivity contribution in [3.8, 4) is 0 Å². The molecule has 1 aromatic carbocycles. The molecular weight excluding hydrogens is 374 g/mol. The van der Waals surface area contributed by atoms with Gasteiger partial charge < -0.3 is 15.4 Å². The Morgan fingerprint density at radius 1 is 1.21 bits per heavy atom. The fourth-order valence-corrected chi connectivity index (χ4v) is 3.13. The van der Waals surface area contributed by atoms with Gasteiger partial charge in [0.15, 0.2) is 5.69 Å². The van der Waals surface area contributed by atoms with E-state index in [1.807, 2.05) is 0 Å². The lowest BCUT2D eigenvalue weighted by Gasteiger charge is -2.30. The summed E-state index contributed by atoms with van der Waals surface area (Å²) in [6, 6.07) is 6.42. The highest BCUT2D eigenvalue weighted by atomic mass is 16.6. The molecule has 9 heteroatoms. The highest BCUT2D eigenvalue weighted by Gasteiger charge is 2.33. The lowest BCUT2D eigenvalue weighted by molar-refractivity contribution is -0.115. The molecule has 9 nitrogen and oxygen atoms in total. The smallest absolute Gasteiger partial charge is 0.410 e. The van der Waals surface area contributed by atoms with E-state index in [9.17, 15) is 14.4 Å². The maximum Gasteiger partial charge on any atom is 0.410 e. The first kappa shape index (κ1) is 20.4. The molecule has 1 aromatic heterocycles. The Labute approximate surface area is 168 Å². The normalized spacial score (nSPS) is 13.6. The Balaban J connectivity index is 1.88. The van der Waals surface area contributed by atoms with E-state index in [1.165, 1.54) is 11.8 Å². The van der Waals surface area contributed by atoms with Gasteiger partial charge in [0.25, 0.3) is 5.91 Å². The topological polar surface area (TPSA) is 122 Å². The monoisotopic (exact) mass is 399 g/mol. The Bertz CT molecular complexity index is 943. The Hall–Kier alpha value is -3.36. The number of carbonyl (C=O) groups is 3. The van der Waals surface area contributed by atoms with Crippen LogP contribution in [0, 0.1) is 0 Å². The molecule has 29 heavy (non-hydrogen) atoms. The SMILES string of the molecule is CC(=O)N(C(=O)c1n[nH]c2c1CN(C(=O)OC(C)(C)C)CC2)c1ccc(N)cc1. The number of nitrogens with zero attached hydrogens (tertiary/aromatic N) is 3. The fraction of sp³-hybridized carbons (Fsp3) is 0.400. The van der Waals surface area contributed by atoms with E-state index in [4.69, 9.17) is 10.5 Å². The van der Waals surface area contributed by atoms with Crippen molar-refractivity contribution in [2.45, 2.75) is 46.3 Å². The average molecular weight is 399 g/mol. The summed E-state index contributed by atoms with van der Waals surface area (Å²) >= 11 is 0. The molecule has 0 spiro atoms. The Kier molecular flexibility index (Phi) is 5.32. The van der Waals surface area contributed by atoms with Gasteiger partial charge in [0, 0.05) is 36.8 Å². The first-order valence-electron chi connectivity index (χ1n) is 9.31. The number of amides is 3. The van der Waals surface area contributed by atoms with Gasteiger partial charge >= 0.3 is 6.09 Å². The lowest BCUT2D eigenvalue weighted by Crippen LogP contribution is -2.41. The summed E-state index contributed by atoms with van der Waals surface area (Å²) in [6.45, 7) is 7.32. The van der Waals surface area contributed by atoms with Gasteiger partial charge in [-0.15, -0.1) is 0 Å². The number of imide groups is 1. The summed E-state index contributed by atoms with van der Waals surface area (Å²) in [5.41, 5.74) is 7.47. The summed E-state index contributed by atoms with van der Waals surface area (Å²) in [5.74, 6) is -1.01. The second-order valence-corrected chi connectivity index (χ2v) is 7.93. The van der Waals surface area contributed by atoms with Crippen molar-refractivity contribution in [2.24, 2.45) is 0 Å². The van der Waals surface area contributed by atoms with Gasteiger partial charge in [0.1, 0.15) is 5.60 Å². The summed E-state index contributed by atoms with van der Waals surface area (Å²) in [4.78, 5) is 40.4. The zero-order valence-electron chi connectivity index (χ0n) is 17.0. The van der Waals surface area contributed by atoms with Crippen LogP contribution in [0.4, 0.5) is 16.2 Å². The molecule has 154 valence electrons. The Morgan fingerprint density at radius 2 is 1.86 bits per heavy atom. The molecule has 3 N–H and O–H groups in total. The van der Waals surface area contributed by atoms with Gasteiger partial charge in [0.2, 0.25) is 5.91 Å². The molecular formula is C20H25N5O4. The number of fused-ring (bicyclic) bond motifs is 1. The van der Waals surface area contributed by atoms with Crippen LogP contribution < -0.4 is 10.6 Å². The molecule has 0 unspecified atom stereocenters. The van der Waals surface area contributed by atoms with Crippen molar-refractivity contribution in [1.82, 2.24) is 15.1 Å². The molecule has 0 aliphatic carbocycles. The van der Waals surface area contributed by atoms with Crippen molar-refractivity contribution in [1.29, 1.82) is 0 Å². The van der Waals surface area contributed by atoms with Crippen LogP contribution in [0.25, 0.3) is 0 Å². The maximum atomic E-state index is 13.2. The third-order valence-electron chi connectivity index (χ3n) is 4.46. The number of benzene rings is 1. The van der Waals surface area contributed by atoms with Crippen LogP contribution in [0.1, 0.15) is 49.4 Å². The summed E-state index contributed by atoms with van der Waals surface area (Å²) < 4.78 is 5.43. The molecule has 1 aliphatic rings. The molecule has 0 fully saturated rings. The number of rotatable bonds is 2. The van der Waals surface area contributed by atoms with Gasteiger partial charge in [-0.05, 0) is 45.0 Å². The van der Waals surface area contributed by atoms with Gasteiger partial charge in [-0.3, -0.25) is 14.7 Å². The average Bonchev–Trinajstić information content (AvgIpc) is 3.05. The van der Waals surface area contributed by atoms with E-state index in [2.05, 4.69) is 10.2 Å². The van der Waals surface area contributed by atoms with Gasteiger partial charge in [-0.1, -0.05) is 0 Å². The molecule has 0 saturated heterocycles. The van der Waals surface area contributed by atoms with E-state index in [0.717, 1.165) is 10.6 Å². The minimum Gasteiger partial charge on any atom is -0.444 e. The molecule has 0 atom stereocenters. The van der Waals surface area contributed by atoms with Gasteiger partial charge in [0.05, 0.1) is 12.2 Å². The quantitative estimate of drug-likeness (QED) is 0.748.